The van der Waals surface area contributed by atoms with Crippen LogP contribution in [0.25, 0.3) is 11.3 Å². The second-order valence-electron chi connectivity index (χ2n) is 5.90. The van der Waals surface area contributed by atoms with E-state index in [2.05, 4.69) is 10.5 Å². The predicted octanol–water partition coefficient (Wildman–Crippen LogP) is 3.35. The first kappa shape index (κ1) is 18.9. The number of carbonyl (C=O) groups excluding carboxylic acids is 1. The Kier molecular flexibility index (Phi) is 5.86. The van der Waals surface area contributed by atoms with Crippen molar-refractivity contribution in [1.29, 1.82) is 0 Å². The molecule has 0 spiro atoms. The van der Waals surface area contributed by atoms with Crippen molar-refractivity contribution in [2.24, 2.45) is 5.10 Å². The molecule has 7 nitrogen and oxygen atoms in total. The topological polar surface area (TPSA) is 101 Å². The molecule has 0 aliphatic rings. The molecule has 0 unspecified atom stereocenters. The van der Waals surface area contributed by atoms with E-state index in [0.717, 1.165) is 16.9 Å². The van der Waals surface area contributed by atoms with Gasteiger partial charge in [-0.3, -0.25) is 4.79 Å². The highest BCUT2D eigenvalue weighted by atomic mass is 16.5. The van der Waals surface area contributed by atoms with Crippen LogP contribution in [-0.4, -0.2) is 30.3 Å². The quantitative estimate of drug-likeness (QED) is 0.485. The molecule has 0 radical (unpaired) electrons. The molecule has 1 amide bonds. The molecule has 3 aromatic rings. The summed E-state index contributed by atoms with van der Waals surface area (Å²) in [4.78, 5) is 22.8. The zero-order valence-corrected chi connectivity index (χ0v) is 15.1. The number of carbonyl (C=O) groups is 2. The van der Waals surface area contributed by atoms with Crippen LogP contribution in [0.4, 0.5) is 0 Å². The van der Waals surface area contributed by atoms with E-state index >= 15 is 0 Å². The van der Waals surface area contributed by atoms with E-state index in [1.807, 2.05) is 12.1 Å². The van der Waals surface area contributed by atoms with Crippen molar-refractivity contribution in [1.82, 2.24) is 5.43 Å². The molecule has 142 valence electrons. The van der Waals surface area contributed by atoms with Gasteiger partial charge in [-0.2, -0.15) is 5.10 Å². The van der Waals surface area contributed by atoms with Gasteiger partial charge in [0.05, 0.1) is 25.3 Å². The van der Waals surface area contributed by atoms with Crippen LogP contribution in [0.2, 0.25) is 0 Å². The third-order valence-corrected chi connectivity index (χ3v) is 3.95. The monoisotopic (exact) mass is 378 g/mol. The Morgan fingerprint density at radius 3 is 2.43 bits per heavy atom. The van der Waals surface area contributed by atoms with Crippen LogP contribution in [0.15, 0.2) is 70.2 Å². The van der Waals surface area contributed by atoms with Gasteiger partial charge < -0.3 is 14.3 Å². The number of carboxylic acids is 1. The fraction of sp³-hybridized carbons (Fsp3) is 0.0952. The van der Waals surface area contributed by atoms with Crippen LogP contribution in [0.1, 0.15) is 21.7 Å². The van der Waals surface area contributed by atoms with Crippen molar-refractivity contribution >= 4 is 18.1 Å². The molecule has 0 saturated heterocycles. The second-order valence-corrected chi connectivity index (χ2v) is 5.90. The minimum atomic E-state index is -0.982. The molecule has 28 heavy (non-hydrogen) atoms. The van der Waals surface area contributed by atoms with E-state index in [-0.39, 0.29) is 17.9 Å². The summed E-state index contributed by atoms with van der Waals surface area (Å²) < 4.78 is 10.7. The SMILES string of the molecule is COc1ccc(CC(=O)NN=Cc2ccc(-c3ccc(C(=O)O)cc3)o2)cc1. The first-order valence-electron chi connectivity index (χ1n) is 8.43. The summed E-state index contributed by atoms with van der Waals surface area (Å²) in [6.45, 7) is 0. The van der Waals surface area contributed by atoms with Gasteiger partial charge >= 0.3 is 5.97 Å². The van der Waals surface area contributed by atoms with E-state index in [1.54, 1.807) is 43.5 Å². The number of nitrogens with zero attached hydrogens (tertiary/aromatic N) is 1. The number of methoxy groups -OCH3 is 1. The van der Waals surface area contributed by atoms with E-state index in [1.165, 1.54) is 18.3 Å². The number of hydrogen-bond acceptors (Lipinski definition) is 5. The Balaban J connectivity index is 1.55. The van der Waals surface area contributed by atoms with E-state index in [9.17, 15) is 9.59 Å². The van der Waals surface area contributed by atoms with Gasteiger partial charge in [0, 0.05) is 5.56 Å². The smallest absolute Gasteiger partial charge is 0.335 e. The Morgan fingerprint density at radius 1 is 1.07 bits per heavy atom. The van der Waals surface area contributed by atoms with E-state index in [4.69, 9.17) is 14.3 Å². The highest BCUT2D eigenvalue weighted by molar-refractivity contribution is 5.88. The summed E-state index contributed by atoms with van der Waals surface area (Å²) in [6, 6.07) is 17.0. The van der Waals surface area contributed by atoms with Crippen molar-refractivity contribution in [2.75, 3.05) is 7.11 Å². The molecule has 0 saturated carbocycles. The average molecular weight is 378 g/mol. The first-order chi connectivity index (χ1) is 13.5. The van der Waals surface area contributed by atoms with Crippen molar-refractivity contribution in [2.45, 2.75) is 6.42 Å². The lowest BCUT2D eigenvalue weighted by Gasteiger charge is -2.02. The minimum absolute atomic E-state index is 0.195. The Hall–Kier alpha value is -3.87. The second kappa shape index (κ2) is 8.68. The summed E-state index contributed by atoms with van der Waals surface area (Å²) >= 11 is 0. The lowest BCUT2D eigenvalue weighted by atomic mass is 10.1. The average Bonchev–Trinajstić information content (AvgIpc) is 3.17. The Labute approximate surface area is 161 Å². The Morgan fingerprint density at radius 2 is 1.79 bits per heavy atom. The molecule has 7 heteroatoms. The fourth-order valence-corrected chi connectivity index (χ4v) is 2.49. The summed E-state index contributed by atoms with van der Waals surface area (Å²) in [5.41, 5.74) is 4.25. The number of nitrogens with one attached hydrogen (secondary N) is 1. The number of amides is 1. The van der Waals surface area contributed by atoms with Gasteiger partial charge in [0.2, 0.25) is 5.91 Å². The van der Waals surface area contributed by atoms with Gasteiger partial charge in [0.25, 0.3) is 0 Å². The minimum Gasteiger partial charge on any atom is -0.497 e. The van der Waals surface area contributed by atoms with Gasteiger partial charge in [-0.25, -0.2) is 10.2 Å². The van der Waals surface area contributed by atoms with Crippen molar-refractivity contribution in [3.8, 4) is 17.1 Å². The van der Waals surface area contributed by atoms with Crippen molar-refractivity contribution in [3.63, 3.8) is 0 Å². The number of furan rings is 1. The predicted molar refractivity (Wildman–Crippen MR) is 104 cm³/mol. The molecule has 0 aliphatic carbocycles. The largest absolute Gasteiger partial charge is 0.497 e. The van der Waals surface area contributed by atoms with Gasteiger partial charge in [-0.05, 0) is 42.0 Å². The number of ether oxygens (including phenoxy) is 1. The third-order valence-electron chi connectivity index (χ3n) is 3.95. The van der Waals surface area contributed by atoms with Crippen LogP contribution in [0, 0.1) is 0 Å². The maximum atomic E-state index is 11.9. The van der Waals surface area contributed by atoms with Crippen molar-refractivity contribution in [3.05, 3.63) is 77.6 Å². The van der Waals surface area contributed by atoms with Crippen LogP contribution in [-0.2, 0) is 11.2 Å². The zero-order chi connectivity index (χ0) is 19.9. The highest BCUT2D eigenvalue weighted by Crippen LogP contribution is 2.22. The van der Waals surface area contributed by atoms with Gasteiger partial charge in [0.15, 0.2) is 0 Å². The van der Waals surface area contributed by atoms with Crippen LogP contribution in [0.5, 0.6) is 5.75 Å². The lowest BCUT2D eigenvalue weighted by Crippen LogP contribution is -2.19. The molecule has 1 aromatic heterocycles. The highest BCUT2D eigenvalue weighted by Gasteiger charge is 2.07. The summed E-state index contributed by atoms with van der Waals surface area (Å²) in [7, 11) is 1.58. The molecule has 0 fully saturated rings. The fourth-order valence-electron chi connectivity index (χ4n) is 2.49. The summed E-state index contributed by atoms with van der Waals surface area (Å²) in [5, 5.41) is 12.8. The van der Waals surface area contributed by atoms with Crippen LogP contribution >= 0.6 is 0 Å². The lowest BCUT2D eigenvalue weighted by molar-refractivity contribution is -0.120. The zero-order valence-electron chi connectivity index (χ0n) is 15.1. The van der Waals surface area contributed by atoms with Crippen LogP contribution < -0.4 is 10.2 Å². The maximum absolute atomic E-state index is 11.9. The number of benzene rings is 2. The number of carboxylic acid groups (broad SMARTS) is 1. The number of aromatic carboxylic acids is 1. The molecule has 0 atom stereocenters. The van der Waals surface area contributed by atoms with Gasteiger partial charge in [-0.15, -0.1) is 0 Å². The van der Waals surface area contributed by atoms with E-state index < -0.39 is 5.97 Å². The molecular formula is C21H18N2O5. The molecule has 1 heterocycles. The number of hydrogen-bond donors (Lipinski definition) is 2. The Bertz CT molecular complexity index is 988. The molecule has 2 N–H and O–H groups in total. The molecular weight excluding hydrogens is 360 g/mol. The maximum Gasteiger partial charge on any atom is 0.335 e. The van der Waals surface area contributed by atoms with E-state index in [0.29, 0.717) is 11.5 Å². The van der Waals surface area contributed by atoms with Gasteiger partial charge in [0.1, 0.15) is 17.3 Å². The molecule has 0 bridgehead atoms. The van der Waals surface area contributed by atoms with Crippen molar-refractivity contribution < 1.29 is 23.8 Å². The molecule has 3 rings (SSSR count). The number of hydrazone groups is 1. The van der Waals surface area contributed by atoms with Gasteiger partial charge in [-0.1, -0.05) is 24.3 Å². The van der Waals surface area contributed by atoms with Crippen LogP contribution in [0.3, 0.4) is 0 Å². The standard InChI is InChI=1S/C21H18N2O5/c1-27-17-8-2-14(3-9-17)12-20(24)23-22-13-18-10-11-19(28-18)15-4-6-16(7-5-15)21(25)26/h2-11,13H,12H2,1H3,(H,23,24)(H,25,26). The third kappa shape index (κ3) is 4.85. The normalized spacial score (nSPS) is 10.8. The summed E-state index contributed by atoms with van der Waals surface area (Å²) in [5.74, 6) is 0.528. The number of rotatable bonds is 7. The summed E-state index contributed by atoms with van der Waals surface area (Å²) in [6.07, 6.45) is 1.60. The first-order valence-corrected chi connectivity index (χ1v) is 8.43. The molecule has 0 aliphatic heterocycles. The molecule has 2 aromatic carbocycles.